The molecule has 0 aliphatic heterocycles. The van der Waals surface area contributed by atoms with Crippen LogP contribution in [0.1, 0.15) is 37.5 Å². The van der Waals surface area contributed by atoms with Gasteiger partial charge in [0.05, 0.1) is 12.1 Å². The molecule has 2 aromatic rings. The SMILES string of the molecule is CCc1cccc(CNC[C@@H](O)[C@H](Cc2cc(F)cc(F)c2)NC(=O)[C@@H](NS(=O)(=O)N(C)C)C(C)C)c1. The fraction of sp³-hybridized carbons (Fsp3) is 0.500. The van der Waals surface area contributed by atoms with Crippen molar-refractivity contribution in [2.24, 2.45) is 5.92 Å². The maximum absolute atomic E-state index is 13.8. The smallest absolute Gasteiger partial charge is 0.279 e. The summed E-state index contributed by atoms with van der Waals surface area (Å²) in [6, 6.07) is 8.91. The van der Waals surface area contributed by atoms with Crippen LogP contribution in [0.3, 0.4) is 0 Å². The highest BCUT2D eigenvalue weighted by atomic mass is 32.2. The lowest BCUT2D eigenvalue weighted by molar-refractivity contribution is -0.125. The van der Waals surface area contributed by atoms with Crippen molar-refractivity contribution < 1.29 is 27.1 Å². The van der Waals surface area contributed by atoms with Crippen molar-refractivity contribution in [3.63, 3.8) is 0 Å². The van der Waals surface area contributed by atoms with Gasteiger partial charge in [0.2, 0.25) is 5.91 Å². The number of aliphatic hydroxyl groups excluding tert-OH is 1. The number of rotatable bonds is 14. The lowest BCUT2D eigenvalue weighted by Crippen LogP contribution is -2.57. The van der Waals surface area contributed by atoms with Crippen LogP contribution in [0.5, 0.6) is 0 Å². The van der Waals surface area contributed by atoms with Crippen LogP contribution >= 0.6 is 0 Å². The molecule has 1 amide bonds. The molecule has 4 N–H and O–H groups in total. The Kier molecular flexibility index (Phi) is 11.6. The van der Waals surface area contributed by atoms with Gasteiger partial charge in [-0.05, 0) is 47.6 Å². The first kappa shape index (κ1) is 30.8. The average molecular weight is 541 g/mol. The number of aliphatic hydroxyl groups is 1. The van der Waals surface area contributed by atoms with Crippen LogP contribution in [0, 0.1) is 17.6 Å². The fourth-order valence-corrected chi connectivity index (χ4v) is 4.67. The number of halogens is 2. The Morgan fingerprint density at radius 2 is 1.65 bits per heavy atom. The number of nitrogens with one attached hydrogen (secondary N) is 3. The third-order valence-electron chi connectivity index (χ3n) is 5.96. The summed E-state index contributed by atoms with van der Waals surface area (Å²) in [5, 5.41) is 16.8. The van der Waals surface area contributed by atoms with Crippen molar-refractivity contribution in [2.45, 2.75) is 58.3 Å². The summed E-state index contributed by atoms with van der Waals surface area (Å²) in [6.07, 6.45) is -0.314. The molecule has 8 nitrogen and oxygen atoms in total. The third kappa shape index (κ3) is 9.75. The number of carbonyl (C=O) groups excluding carboxylic acids is 1. The quantitative estimate of drug-likeness (QED) is 0.294. The van der Waals surface area contributed by atoms with Crippen molar-refractivity contribution in [1.29, 1.82) is 0 Å². The minimum Gasteiger partial charge on any atom is -0.390 e. The number of carbonyl (C=O) groups is 1. The number of aryl methyl sites for hydroxylation is 1. The van der Waals surface area contributed by atoms with E-state index in [1.165, 1.54) is 19.7 Å². The second-order valence-corrected chi connectivity index (χ2v) is 11.5. The number of hydrogen-bond donors (Lipinski definition) is 4. The summed E-state index contributed by atoms with van der Waals surface area (Å²) >= 11 is 0. The van der Waals surface area contributed by atoms with Crippen molar-refractivity contribution in [3.8, 4) is 0 Å². The summed E-state index contributed by atoms with van der Waals surface area (Å²) in [7, 11) is -1.24. The van der Waals surface area contributed by atoms with Crippen LogP contribution in [-0.2, 0) is 34.4 Å². The number of hydrogen-bond acceptors (Lipinski definition) is 5. The molecule has 37 heavy (non-hydrogen) atoms. The van der Waals surface area contributed by atoms with E-state index in [1.54, 1.807) is 13.8 Å². The fourth-order valence-electron chi connectivity index (χ4n) is 3.76. The van der Waals surface area contributed by atoms with Crippen LogP contribution < -0.4 is 15.4 Å². The van der Waals surface area contributed by atoms with Crippen molar-refractivity contribution in [1.82, 2.24) is 19.7 Å². The molecule has 0 unspecified atom stereocenters. The number of amides is 1. The summed E-state index contributed by atoms with van der Waals surface area (Å²) in [6.45, 7) is 5.97. The highest BCUT2D eigenvalue weighted by Crippen LogP contribution is 2.14. The second-order valence-electron chi connectivity index (χ2n) is 9.60. The molecule has 0 saturated heterocycles. The van der Waals surface area contributed by atoms with E-state index < -0.39 is 51.9 Å². The number of benzene rings is 2. The van der Waals surface area contributed by atoms with E-state index in [0.29, 0.717) is 6.54 Å². The van der Waals surface area contributed by atoms with E-state index >= 15 is 0 Å². The van der Waals surface area contributed by atoms with Gasteiger partial charge in [-0.2, -0.15) is 17.4 Å². The predicted octanol–water partition coefficient (Wildman–Crippen LogP) is 2.13. The van der Waals surface area contributed by atoms with Crippen LogP contribution in [0.25, 0.3) is 0 Å². The lowest BCUT2D eigenvalue weighted by Gasteiger charge is -2.29. The first-order valence-electron chi connectivity index (χ1n) is 12.2. The molecule has 0 radical (unpaired) electrons. The summed E-state index contributed by atoms with van der Waals surface area (Å²) in [5.41, 5.74) is 2.45. The molecule has 0 fully saturated rings. The molecule has 0 bridgehead atoms. The van der Waals surface area contributed by atoms with E-state index in [-0.39, 0.29) is 18.5 Å². The summed E-state index contributed by atoms with van der Waals surface area (Å²) in [4.78, 5) is 13.2. The Labute approximate surface area is 218 Å². The topological polar surface area (TPSA) is 111 Å². The Morgan fingerprint density at radius 3 is 2.22 bits per heavy atom. The predicted molar refractivity (Wildman–Crippen MR) is 140 cm³/mol. The molecule has 2 aromatic carbocycles. The molecule has 0 aromatic heterocycles. The van der Waals surface area contributed by atoms with Gasteiger partial charge in [-0.25, -0.2) is 8.78 Å². The Hall–Kier alpha value is -2.44. The minimum atomic E-state index is -3.92. The van der Waals surface area contributed by atoms with Gasteiger partial charge in [-0.3, -0.25) is 4.79 Å². The van der Waals surface area contributed by atoms with E-state index in [1.807, 2.05) is 18.2 Å². The Balaban J connectivity index is 2.20. The van der Waals surface area contributed by atoms with Gasteiger partial charge < -0.3 is 15.7 Å². The van der Waals surface area contributed by atoms with Gasteiger partial charge in [-0.1, -0.05) is 45.0 Å². The normalized spacial score (nSPS) is 14.5. The maximum Gasteiger partial charge on any atom is 0.279 e. The Bertz CT molecular complexity index is 1120. The van der Waals surface area contributed by atoms with Crippen molar-refractivity contribution >= 4 is 16.1 Å². The molecule has 2 rings (SSSR count). The van der Waals surface area contributed by atoms with Crippen LogP contribution in [0.4, 0.5) is 8.78 Å². The van der Waals surface area contributed by atoms with Crippen molar-refractivity contribution in [2.75, 3.05) is 20.6 Å². The molecule has 0 heterocycles. The van der Waals surface area contributed by atoms with E-state index in [0.717, 1.165) is 34.5 Å². The molecular formula is C26H38F2N4O4S. The zero-order chi connectivity index (χ0) is 27.8. The first-order chi connectivity index (χ1) is 17.3. The zero-order valence-electron chi connectivity index (χ0n) is 22.0. The van der Waals surface area contributed by atoms with Gasteiger partial charge in [0.15, 0.2) is 0 Å². The Morgan fingerprint density at radius 1 is 1.03 bits per heavy atom. The highest BCUT2D eigenvalue weighted by molar-refractivity contribution is 7.87. The van der Waals surface area contributed by atoms with Crippen LogP contribution in [0.2, 0.25) is 0 Å². The van der Waals surface area contributed by atoms with Crippen molar-refractivity contribution in [3.05, 3.63) is 70.8 Å². The molecule has 206 valence electrons. The maximum atomic E-state index is 13.8. The van der Waals surface area contributed by atoms with Gasteiger partial charge in [0.1, 0.15) is 17.7 Å². The standard InChI is InChI=1S/C26H38F2N4O4S/c1-6-18-8-7-9-19(10-18)15-29-16-24(33)23(13-20-11-21(27)14-22(28)12-20)30-26(34)25(17(2)3)31-37(35,36)32(4)5/h7-12,14,17,23-25,29,31,33H,6,13,15-16H2,1-5H3,(H,30,34)/t23-,24+,25-/m0/s1. The average Bonchev–Trinajstić information content (AvgIpc) is 2.81. The summed E-state index contributed by atoms with van der Waals surface area (Å²) < 4.78 is 55.6. The molecule has 3 atom stereocenters. The molecule has 0 saturated carbocycles. The van der Waals surface area contributed by atoms with Gasteiger partial charge in [0.25, 0.3) is 10.2 Å². The molecule has 0 aliphatic rings. The second kappa shape index (κ2) is 13.9. The minimum absolute atomic E-state index is 0.0696. The summed E-state index contributed by atoms with van der Waals surface area (Å²) in [5.74, 6) is -2.62. The van der Waals surface area contributed by atoms with E-state index in [9.17, 15) is 27.1 Å². The third-order valence-corrected chi connectivity index (χ3v) is 7.47. The zero-order valence-corrected chi connectivity index (χ0v) is 22.8. The largest absolute Gasteiger partial charge is 0.390 e. The van der Waals surface area contributed by atoms with E-state index in [2.05, 4.69) is 28.3 Å². The first-order valence-corrected chi connectivity index (χ1v) is 13.7. The van der Waals surface area contributed by atoms with Gasteiger partial charge >= 0.3 is 0 Å². The molecular weight excluding hydrogens is 502 g/mol. The van der Waals surface area contributed by atoms with Crippen LogP contribution in [-0.4, -0.2) is 62.6 Å². The molecule has 0 spiro atoms. The van der Waals surface area contributed by atoms with Gasteiger partial charge in [-0.15, -0.1) is 0 Å². The highest BCUT2D eigenvalue weighted by Gasteiger charge is 2.31. The van der Waals surface area contributed by atoms with Crippen LogP contribution in [0.15, 0.2) is 42.5 Å². The van der Waals surface area contributed by atoms with E-state index in [4.69, 9.17) is 0 Å². The monoisotopic (exact) mass is 540 g/mol. The lowest BCUT2D eigenvalue weighted by atomic mass is 9.98. The number of nitrogens with zero attached hydrogens (tertiary/aromatic N) is 1. The molecule has 11 heteroatoms. The van der Waals surface area contributed by atoms with Gasteiger partial charge in [0, 0.05) is 33.3 Å². The molecule has 0 aliphatic carbocycles.